The predicted octanol–water partition coefficient (Wildman–Crippen LogP) is 0.812. The molecule has 0 heterocycles. The van der Waals surface area contributed by atoms with E-state index in [1.807, 2.05) is 0 Å². The zero-order valence-electron chi connectivity index (χ0n) is 7.46. The lowest BCUT2D eigenvalue weighted by atomic mass is 10.3. The van der Waals surface area contributed by atoms with Gasteiger partial charge in [-0.3, -0.25) is 0 Å². The molecule has 0 atom stereocenters. The van der Waals surface area contributed by atoms with E-state index in [1.165, 1.54) is 0 Å². The number of rotatable bonds is 2. The molecule has 8 heteroatoms. The van der Waals surface area contributed by atoms with Crippen LogP contribution in [0.1, 0.15) is 6.92 Å². The van der Waals surface area contributed by atoms with Gasteiger partial charge in [0.1, 0.15) is 5.84 Å². The van der Waals surface area contributed by atoms with Crippen molar-refractivity contribution in [1.82, 2.24) is 0 Å². The number of nitrogens with zero attached hydrogens (tertiary/aromatic N) is 1. The van der Waals surface area contributed by atoms with E-state index >= 15 is 0 Å². The van der Waals surface area contributed by atoms with Crippen molar-refractivity contribution in [2.24, 2.45) is 10.1 Å². The highest BCUT2D eigenvalue weighted by Gasteiger charge is 2.30. The van der Waals surface area contributed by atoms with Gasteiger partial charge in [0.25, 0.3) is 10.0 Å². The average molecular weight is 230 g/mol. The van der Waals surface area contributed by atoms with Gasteiger partial charge in [-0.25, -0.2) is 8.42 Å². The van der Waals surface area contributed by atoms with Gasteiger partial charge >= 0.3 is 6.18 Å². The number of sulfonamides is 1. The largest absolute Gasteiger partial charge is 0.412 e. The van der Waals surface area contributed by atoms with Gasteiger partial charge < -0.3 is 5.73 Å². The normalized spacial score (nSPS) is 15.8. The van der Waals surface area contributed by atoms with Crippen molar-refractivity contribution in [1.29, 1.82) is 0 Å². The van der Waals surface area contributed by atoms with E-state index in [4.69, 9.17) is 5.73 Å². The number of amidine groups is 1. The van der Waals surface area contributed by atoms with Crippen LogP contribution in [-0.4, -0.2) is 26.7 Å². The highest BCUT2D eigenvalue weighted by Crippen LogP contribution is 2.24. The SMILES string of the molecule is C/C(=C\C(N)=N/S(C)(=O)=O)C(F)(F)F. The van der Waals surface area contributed by atoms with Crippen LogP contribution in [0.5, 0.6) is 0 Å². The number of halogens is 3. The molecule has 0 spiro atoms. The monoisotopic (exact) mass is 230 g/mol. The summed E-state index contributed by atoms with van der Waals surface area (Å²) < 4.78 is 59.6. The van der Waals surface area contributed by atoms with Crippen LogP contribution in [0.3, 0.4) is 0 Å². The molecule has 0 aliphatic rings. The van der Waals surface area contributed by atoms with E-state index in [9.17, 15) is 21.6 Å². The van der Waals surface area contributed by atoms with Crippen LogP contribution in [0.15, 0.2) is 16.0 Å². The van der Waals surface area contributed by atoms with Crippen LogP contribution in [0.4, 0.5) is 13.2 Å². The average Bonchev–Trinajstić information content (AvgIpc) is 1.79. The Bertz CT molecular complexity index is 367. The quantitative estimate of drug-likeness (QED) is 0.563. The summed E-state index contributed by atoms with van der Waals surface area (Å²) in [6, 6.07) is 0. The predicted molar refractivity (Wildman–Crippen MR) is 46.3 cm³/mol. The lowest BCUT2D eigenvalue weighted by Gasteiger charge is -2.05. The number of nitrogens with two attached hydrogens (primary N) is 1. The molecule has 0 rings (SSSR count). The molecule has 0 unspecified atom stereocenters. The Kier molecular flexibility index (Phi) is 3.69. The molecular formula is C6H9F3N2O2S. The van der Waals surface area contributed by atoms with Gasteiger partial charge in [0, 0.05) is 5.57 Å². The third-order valence-corrected chi connectivity index (χ3v) is 1.63. The molecule has 2 N–H and O–H groups in total. The molecule has 0 aromatic rings. The van der Waals surface area contributed by atoms with Crippen molar-refractivity contribution in [3.63, 3.8) is 0 Å². The summed E-state index contributed by atoms with van der Waals surface area (Å²) in [7, 11) is -3.76. The topological polar surface area (TPSA) is 72.5 Å². The molecule has 0 aliphatic carbocycles. The molecular weight excluding hydrogens is 221 g/mol. The zero-order valence-corrected chi connectivity index (χ0v) is 8.28. The molecule has 82 valence electrons. The van der Waals surface area contributed by atoms with Crippen LogP contribution < -0.4 is 5.73 Å². The van der Waals surface area contributed by atoms with Crippen LogP contribution in [0, 0.1) is 0 Å². The number of hydrogen-bond acceptors (Lipinski definition) is 2. The molecule has 0 bridgehead atoms. The maximum absolute atomic E-state index is 11.9. The van der Waals surface area contributed by atoms with Gasteiger partial charge in [-0.05, 0) is 13.0 Å². The number of alkyl halides is 3. The van der Waals surface area contributed by atoms with Crippen LogP contribution in [0.2, 0.25) is 0 Å². The number of allylic oxidation sites excluding steroid dienone is 1. The Hall–Kier alpha value is -1.05. The molecule has 0 saturated carbocycles. The van der Waals surface area contributed by atoms with E-state index in [0.717, 1.165) is 13.2 Å². The van der Waals surface area contributed by atoms with Crippen molar-refractivity contribution < 1.29 is 21.6 Å². The molecule has 14 heavy (non-hydrogen) atoms. The molecule has 0 radical (unpaired) electrons. The lowest BCUT2D eigenvalue weighted by Crippen LogP contribution is -2.16. The second kappa shape index (κ2) is 3.99. The Labute approximate surface area is 79.4 Å². The third kappa shape index (κ3) is 5.57. The van der Waals surface area contributed by atoms with Gasteiger partial charge in [-0.15, -0.1) is 4.40 Å². The summed E-state index contributed by atoms with van der Waals surface area (Å²) in [6.07, 6.45) is -3.34. The molecule has 0 amide bonds. The van der Waals surface area contributed by atoms with Gasteiger partial charge in [0.15, 0.2) is 0 Å². The molecule has 0 aliphatic heterocycles. The maximum Gasteiger partial charge on any atom is 0.412 e. The van der Waals surface area contributed by atoms with E-state index in [1.54, 1.807) is 0 Å². The first kappa shape index (κ1) is 12.9. The fraction of sp³-hybridized carbons (Fsp3) is 0.500. The Morgan fingerprint density at radius 1 is 1.43 bits per heavy atom. The summed E-state index contributed by atoms with van der Waals surface area (Å²) in [5, 5.41) is 0. The molecule has 0 fully saturated rings. The summed E-state index contributed by atoms with van der Waals surface area (Å²) in [5.74, 6) is -0.692. The smallest absolute Gasteiger partial charge is 0.383 e. The van der Waals surface area contributed by atoms with E-state index in [2.05, 4.69) is 4.40 Å². The summed E-state index contributed by atoms with van der Waals surface area (Å²) >= 11 is 0. The fourth-order valence-corrected chi connectivity index (χ4v) is 0.957. The standard InChI is InChI=1S/C6H9F3N2O2S/c1-4(6(7,8)9)3-5(10)11-14(2,12)13/h3H,1-2H3,(H2,10,11)/b4-3+. The van der Waals surface area contributed by atoms with E-state index < -0.39 is 27.6 Å². The van der Waals surface area contributed by atoms with Crippen molar-refractivity contribution >= 4 is 15.9 Å². The summed E-state index contributed by atoms with van der Waals surface area (Å²) in [4.78, 5) is 0. The summed E-state index contributed by atoms with van der Waals surface area (Å²) in [6.45, 7) is 0.769. The van der Waals surface area contributed by atoms with Gasteiger partial charge in [-0.1, -0.05) is 0 Å². The first-order valence-electron chi connectivity index (χ1n) is 3.33. The third-order valence-electron chi connectivity index (χ3n) is 1.08. The minimum Gasteiger partial charge on any atom is -0.383 e. The Morgan fingerprint density at radius 3 is 2.14 bits per heavy atom. The van der Waals surface area contributed by atoms with Crippen molar-refractivity contribution in [3.05, 3.63) is 11.6 Å². The molecule has 4 nitrogen and oxygen atoms in total. The van der Waals surface area contributed by atoms with E-state index in [-0.39, 0.29) is 0 Å². The first-order chi connectivity index (χ1) is 6.02. The lowest BCUT2D eigenvalue weighted by molar-refractivity contribution is -0.0912. The maximum atomic E-state index is 11.9. The Balaban J connectivity index is 4.95. The second-order valence-corrected chi connectivity index (χ2v) is 4.22. The fourth-order valence-electron chi connectivity index (χ4n) is 0.521. The van der Waals surface area contributed by atoms with Crippen LogP contribution >= 0.6 is 0 Å². The van der Waals surface area contributed by atoms with Gasteiger partial charge in [0.05, 0.1) is 6.26 Å². The van der Waals surface area contributed by atoms with Gasteiger partial charge in [-0.2, -0.15) is 13.2 Å². The van der Waals surface area contributed by atoms with Gasteiger partial charge in [0.2, 0.25) is 0 Å². The Morgan fingerprint density at radius 2 is 1.86 bits per heavy atom. The highest BCUT2D eigenvalue weighted by atomic mass is 32.2. The zero-order chi connectivity index (χ0) is 11.6. The van der Waals surface area contributed by atoms with Crippen molar-refractivity contribution in [2.75, 3.05) is 6.26 Å². The summed E-state index contributed by atoms with van der Waals surface area (Å²) in [5.41, 5.74) is 3.94. The number of hydrogen-bond donors (Lipinski definition) is 1. The second-order valence-electron chi connectivity index (χ2n) is 2.57. The van der Waals surface area contributed by atoms with Crippen molar-refractivity contribution in [2.45, 2.75) is 13.1 Å². The van der Waals surface area contributed by atoms with Crippen LogP contribution in [0.25, 0.3) is 0 Å². The van der Waals surface area contributed by atoms with Crippen LogP contribution in [-0.2, 0) is 10.0 Å². The minimum absolute atomic E-state index is 0.459. The first-order valence-corrected chi connectivity index (χ1v) is 5.18. The van der Waals surface area contributed by atoms with Crippen molar-refractivity contribution in [3.8, 4) is 0 Å². The highest BCUT2D eigenvalue weighted by molar-refractivity contribution is 7.89. The molecule has 0 aromatic carbocycles. The minimum atomic E-state index is -4.53. The molecule has 0 saturated heterocycles. The molecule has 0 aromatic heterocycles. The van der Waals surface area contributed by atoms with E-state index in [0.29, 0.717) is 6.08 Å².